The van der Waals surface area contributed by atoms with Crippen LogP contribution in [0.15, 0.2) is 45.5 Å². The van der Waals surface area contributed by atoms with Gasteiger partial charge in [-0.05, 0) is 45.8 Å². The van der Waals surface area contributed by atoms with Crippen molar-refractivity contribution in [2.75, 3.05) is 6.54 Å². The molecule has 2 rings (SSSR count). The number of ether oxygens (including phenoxy) is 1. The Morgan fingerprint density at radius 1 is 1.12 bits per heavy atom. The lowest BCUT2D eigenvalue weighted by molar-refractivity contribution is -0.120. The summed E-state index contributed by atoms with van der Waals surface area (Å²) in [5.41, 5.74) is 0.700. The summed E-state index contributed by atoms with van der Waals surface area (Å²) < 4.78 is 33.7. The fourth-order valence-electron chi connectivity index (χ4n) is 1.74. The van der Waals surface area contributed by atoms with Gasteiger partial charge in [-0.25, -0.2) is 0 Å². The lowest BCUT2D eigenvalue weighted by Gasteiger charge is -2.08. The van der Waals surface area contributed by atoms with Gasteiger partial charge in [0.25, 0.3) is 5.91 Å². The van der Waals surface area contributed by atoms with E-state index in [2.05, 4.69) is 31.3 Å². The molecule has 6 nitrogen and oxygen atoms in total. The van der Waals surface area contributed by atoms with Crippen LogP contribution < -0.4 is 15.4 Å². The standard InChI is InChI=1S/C15H13BrF2N2O4/c16-12-6-5-11(24-12)14(22)20-8-13(21)19-7-9-1-3-10(4-2-9)23-15(17)18/h1-6,15H,7-8H2,(H,19,21)(H,20,22). The van der Waals surface area contributed by atoms with Crippen molar-refractivity contribution in [3.63, 3.8) is 0 Å². The summed E-state index contributed by atoms with van der Waals surface area (Å²) in [7, 11) is 0. The average molecular weight is 403 g/mol. The van der Waals surface area contributed by atoms with E-state index in [0.717, 1.165) is 0 Å². The lowest BCUT2D eigenvalue weighted by Crippen LogP contribution is -2.36. The molecule has 0 saturated heterocycles. The van der Waals surface area contributed by atoms with Crippen molar-refractivity contribution in [2.24, 2.45) is 0 Å². The molecule has 24 heavy (non-hydrogen) atoms. The minimum absolute atomic E-state index is 0.0388. The Hall–Kier alpha value is -2.42. The van der Waals surface area contributed by atoms with E-state index in [4.69, 9.17) is 4.42 Å². The van der Waals surface area contributed by atoms with Crippen molar-refractivity contribution in [1.29, 1.82) is 0 Å². The van der Waals surface area contributed by atoms with Crippen molar-refractivity contribution in [2.45, 2.75) is 13.2 Å². The normalized spacial score (nSPS) is 10.5. The number of nitrogens with one attached hydrogen (secondary N) is 2. The van der Waals surface area contributed by atoms with Crippen molar-refractivity contribution >= 4 is 27.7 Å². The molecule has 1 aromatic heterocycles. The smallest absolute Gasteiger partial charge is 0.387 e. The molecule has 9 heteroatoms. The topological polar surface area (TPSA) is 80.6 Å². The molecule has 2 N–H and O–H groups in total. The van der Waals surface area contributed by atoms with E-state index in [-0.39, 0.29) is 24.6 Å². The van der Waals surface area contributed by atoms with Crippen molar-refractivity contribution in [3.05, 3.63) is 52.4 Å². The number of furan rings is 1. The van der Waals surface area contributed by atoms with Crippen LogP contribution in [0.3, 0.4) is 0 Å². The fraction of sp³-hybridized carbons (Fsp3) is 0.200. The number of halogens is 3. The molecule has 0 aliphatic carbocycles. The number of alkyl halides is 2. The predicted octanol–water partition coefficient (Wildman–Crippen LogP) is 2.69. The van der Waals surface area contributed by atoms with Gasteiger partial charge in [0.2, 0.25) is 5.91 Å². The molecule has 2 amide bonds. The van der Waals surface area contributed by atoms with E-state index in [1.54, 1.807) is 18.2 Å². The maximum Gasteiger partial charge on any atom is 0.387 e. The molecule has 2 aromatic rings. The lowest BCUT2D eigenvalue weighted by atomic mass is 10.2. The van der Waals surface area contributed by atoms with Crippen LogP contribution in [0.5, 0.6) is 5.75 Å². The summed E-state index contributed by atoms with van der Waals surface area (Å²) in [6.07, 6.45) is 0. The van der Waals surface area contributed by atoms with Crippen molar-refractivity contribution in [3.8, 4) is 5.75 Å². The summed E-state index contributed by atoms with van der Waals surface area (Å²) >= 11 is 3.07. The van der Waals surface area contributed by atoms with E-state index in [1.807, 2.05) is 0 Å². The highest BCUT2D eigenvalue weighted by Gasteiger charge is 2.11. The molecule has 0 spiro atoms. The number of amides is 2. The second kappa shape index (κ2) is 8.44. The molecule has 0 aliphatic rings. The van der Waals surface area contributed by atoms with Gasteiger partial charge in [0.1, 0.15) is 5.75 Å². The number of hydrogen-bond acceptors (Lipinski definition) is 4. The van der Waals surface area contributed by atoms with Crippen LogP contribution in [-0.2, 0) is 11.3 Å². The van der Waals surface area contributed by atoms with E-state index >= 15 is 0 Å². The molecule has 128 valence electrons. The highest BCUT2D eigenvalue weighted by molar-refractivity contribution is 9.10. The van der Waals surface area contributed by atoms with Gasteiger partial charge >= 0.3 is 6.61 Å². The van der Waals surface area contributed by atoms with E-state index in [1.165, 1.54) is 18.2 Å². The van der Waals surface area contributed by atoms with E-state index < -0.39 is 18.4 Å². The Morgan fingerprint density at radius 3 is 2.42 bits per heavy atom. The van der Waals surface area contributed by atoms with Gasteiger partial charge in [0.05, 0.1) is 6.54 Å². The number of carbonyl (C=O) groups excluding carboxylic acids is 2. The van der Waals surface area contributed by atoms with Gasteiger partial charge < -0.3 is 19.8 Å². The first-order valence-electron chi connectivity index (χ1n) is 6.78. The number of carbonyl (C=O) groups is 2. The number of benzene rings is 1. The molecule has 0 saturated carbocycles. The van der Waals surface area contributed by atoms with Crippen LogP contribution >= 0.6 is 15.9 Å². The van der Waals surface area contributed by atoms with Crippen molar-refractivity contribution < 1.29 is 27.5 Å². The summed E-state index contributed by atoms with van der Waals surface area (Å²) in [6.45, 7) is -2.91. The Balaban J connectivity index is 1.73. The fourth-order valence-corrected chi connectivity index (χ4v) is 2.04. The summed E-state index contributed by atoms with van der Waals surface area (Å²) in [5.74, 6) is -0.785. The van der Waals surface area contributed by atoms with E-state index in [0.29, 0.717) is 10.2 Å². The molecule has 0 unspecified atom stereocenters. The molecule has 0 fully saturated rings. The minimum atomic E-state index is -2.88. The van der Waals surface area contributed by atoms with Gasteiger partial charge in [-0.1, -0.05) is 12.1 Å². The summed E-state index contributed by atoms with van der Waals surface area (Å²) in [6, 6.07) is 8.90. The second-order valence-corrected chi connectivity index (χ2v) is 5.37. The third-order valence-electron chi connectivity index (χ3n) is 2.84. The number of rotatable bonds is 7. The molecule has 1 heterocycles. The van der Waals surface area contributed by atoms with Gasteiger partial charge in [-0.3, -0.25) is 9.59 Å². The Morgan fingerprint density at radius 2 is 1.83 bits per heavy atom. The van der Waals surface area contributed by atoms with Crippen LogP contribution in [0.2, 0.25) is 0 Å². The molecular weight excluding hydrogens is 390 g/mol. The van der Waals surface area contributed by atoms with Crippen molar-refractivity contribution in [1.82, 2.24) is 10.6 Å². The zero-order valence-electron chi connectivity index (χ0n) is 12.2. The first-order valence-corrected chi connectivity index (χ1v) is 7.57. The minimum Gasteiger partial charge on any atom is -0.444 e. The van der Waals surface area contributed by atoms with Crippen LogP contribution in [0, 0.1) is 0 Å². The highest BCUT2D eigenvalue weighted by atomic mass is 79.9. The van der Waals surface area contributed by atoms with Crippen LogP contribution in [0.4, 0.5) is 8.78 Å². The zero-order chi connectivity index (χ0) is 17.5. The third-order valence-corrected chi connectivity index (χ3v) is 3.27. The third kappa shape index (κ3) is 5.65. The second-order valence-electron chi connectivity index (χ2n) is 4.59. The van der Waals surface area contributed by atoms with Crippen LogP contribution in [-0.4, -0.2) is 25.0 Å². The molecule has 0 atom stereocenters. The number of hydrogen-bond donors (Lipinski definition) is 2. The van der Waals surface area contributed by atoms with Gasteiger partial charge in [0.15, 0.2) is 10.4 Å². The van der Waals surface area contributed by atoms with Gasteiger partial charge in [-0.15, -0.1) is 0 Å². The van der Waals surface area contributed by atoms with E-state index in [9.17, 15) is 18.4 Å². The first kappa shape index (κ1) is 17.9. The molecule has 0 aliphatic heterocycles. The molecule has 0 bridgehead atoms. The SMILES string of the molecule is O=C(CNC(=O)c1ccc(Br)o1)NCc1ccc(OC(F)F)cc1. The zero-order valence-corrected chi connectivity index (χ0v) is 13.8. The molecular formula is C15H13BrF2N2O4. The Bertz CT molecular complexity index is 704. The molecule has 0 radical (unpaired) electrons. The monoisotopic (exact) mass is 402 g/mol. The Labute approximate surface area is 144 Å². The maximum absolute atomic E-state index is 12.0. The Kier molecular flexibility index (Phi) is 6.30. The van der Waals surface area contributed by atoms with Gasteiger partial charge in [-0.2, -0.15) is 8.78 Å². The maximum atomic E-state index is 12.0. The largest absolute Gasteiger partial charge is 0.444 e. The van der Waals surface area contributed by atoms with Gasteiger partial charge in [0, 0.05) is 6.54 Å². The average Bonchev–Trinajstić information content (AvgIpc) is 2.98. The quantitative estimate of drug-likeness (QED) is 0.745. The summed E-state index contributed by atoms with van der Waals surface area (Å²) in [4.78, 5) is 23.4. The summed E-state index contributed by atoms with van der Waals surface area (Å²) in [5, 5.41) is 5.00. The van der Waals surface area contributed by atoms with Crippen LogP contribution in [0.1, 0.15) is 16.1 Å². The molecule has 1 aromatic carbocycles. The highest BCUT2D eigenvalue weighted by Crippen LogP contribution is 2.15. The predicted molar refractivity (Wildman–Crippen MR) is 83.7 cm³/mol. The van der Waals surface area contributed by atoms with Crippen LogP contribution in [0.25, 0.3) is 0 Å². The first-order chi connectivity index (χ1) is 11.4.